The molecule has 2 N–H and O–H groups in total. The van der Waals surface area contributed by atoms with Gasteiger partial charge in [-0.05, 0) is 29.7 Å². The number of rotatable bonds is 4. The van der Waals surface area contributed by atoms with E-state index in [1.165, 1.54) is 10.8 Å². The Morgan fingerprint density at radius 3 is 2.48 bits per heavy atom. The maximum atomic E-state index is 6.45. The molecule has 0 bridgehead atoms. The molecule has 0 aliphatic carbocycles. The van der Waals surface area contributed by atoms with Gasteiger partial charge in [-0.3, -0.25) is 0 Å². The summed E-state index contributed by atoms with van der Waals surface area (Å²) in [5.41, 5.74) is 8.34. The second-order valence-corrected chi connectivity index (χ2v) is 6.32. The van der Waals surface area contributed by atoms with Crippen LogP contribution in [0.4, 0.5) is 0 Å². The van der Waals surface area contributed by atoms with E-state index in [2.05, 4.69) is 61.7 Å². The van der Waals surface area contributed by atoms with Gasteiger partial charge in [0.15, 0.2) is 0 Å². The Bertz CT molecular complexity index is 757. The van der Waals surface area contributed by atoms with E-state index in [4.69, 9.17) is 10.7 Å². The molecular formula is C18H20N2S. The van der Waals surface area contributed by atoms with Crippen LogP contribution in [0.3, 0.4) is 0 Å². The van der Waals surface area contributed by atoms with Crippen molar-refractivity contribution >= 4 is 22.1 Å². The van der Waals surface area contributed by atoms with Gasteiger partial charge in [-0.1, -0.05) is 50.2 Å². The fraction of sp³-hybridized carbons (Fsp3) is 0.278. The third-order valence-electron chi connectivity index (χ3n) is 4.24. The van der Waals surface area contributed by atoms with Crippen molar-refractivity contribution in [2.24, 2.45) is 5.73 Å². The summed E-state index contributed by atoms with van der Waals surface area (Å²) in [4.78, 5) is 4.79. The first-order valence-corrected chi connectivity index (χ1v) is 8.28. The molecule has 108 valence electrons. The summed E-state index contributed by atoms with van der Waals surface area (Å²) in [5.74, 6) is 0. The highest BCUT2D eigenvalue weighted by Crippen LogP contribution is 2.32. The molecule has 0 aliphatic heterocycles. The molecule has 0 saturated heterocycles. The molecule has 3 rings (SSSR count). The van der Waals surface area contributed by atoms with Crippen molar-refractivity contribution in [1.29, 1.82) is 0 Å². The summed E-state index contributed by atoms with van der Waals surface area (Å²) in [7, 11) is 0. The minimum Gasteiger partial charge on any atom is -0.319 e. The lowest BCUT2D eigenvalue weighted by Gasteiger charge is -2.23. The Labute approximate surface area is 129 Å². The molecule has 3 heteroatoms. The van der Waals surface area contributed by atoms with Crippen LogP contribution in [0.25, 0.3) is 22.0 Å². The number of fused-ring (bicyclic) bond motifs is 1. The van der Waals surface area contributed by atoms with Crippen LogP contribution in [-0.4, -0.2) is 4.98 Å². The van der Waals surface area contributed by atoms with Crippen molar-refractivity contribution in [3.63, 3.8) is 0 Å². The number of hydrogen-bond acceptors (Lipinski definition) is 3. The summed E-state index contributed by atoms with van der Waals surface area (Å²) in [6.07, 6.45) is 1.82. The average Bonchev–Trinajstić information content (AvgIpc) is 3.04. The normalized spacial score (nSPS) is 12.0. The summed E-state index contributed by atoms with van der Waals surface area (Å²) < 4.78 is 0. The molecule has 2 aromatic carbocycles. The SMILES string of the molecule is CCC(N)(CC)c1nc(-c2ccc3ccccc3c2)cs1. The highest BCUT2D eigenvalue weighted by Gasteiger charge is 2.26. The van der Waals surface area contributed by atoms with Gasteiger partial charge in [-0.15, -0.1) is 11.3 Å². The van der Waals surface area contributed by atoms with Crippen molar-refractivity contribution in [3.05, 3.63) is 52.9 Å². The summed E-state index contributed by atoms with van der Waals surface area (Å²) in [6, 6.07) is 14.9. The van der Waals surface area contributed by atoms with Crippen LogP contribution in [0, 0.1) is 0 Å². The predicted octanol–water partition coefficient (Wildman–Crippen LogP) is 4.94. The van der Waals surface area contributed by atoms with Crippen LogP contribution in [0.2, 0.25) is 0 Å². The third kappa shape index (κ3) is 2.59. The first-order chi connectivity index (χ1) is 10.2. The molecule has 0 unspecified atom stereocenters. The topological polar surface area (TPSA) is 38.9 Å². The first-order valence-electron chi connectivity index (χ1n) is 7.40. The fourth-order valence-electron chi connectivity index (χ4n) is 2.54. The van der Waals surface area contributed by atoms with Gasteiger partial charge in [0.2, 0.25) is 0 Å². The van der Waals surface area contributed by atoms with Crippen LogP contribution in [0.15, 0.2) is 47.8 Å². The van der Waals surface area contributed by atoms with Crippen molar-refractivity contribution in [2.45, 2.75) is 32.2 Å². The van der Waals surface area contributed by atoms with Crippen LogP contribution in [-0.2, 0) is 5.54 Å². The maximum absolute atomic E-state index is 6.45. The van der Waals surface area contributed by atoms with Gasteiger partial charge in [0.05, 0.1) is 11.2 Å². The third-order valence-corrected chi connectivity index (χ3v) is 5.30. The zero-order valence-electron chi connectivity index (χ0n) is 12.5. The zero-order valence-corrected chi connectivity index (χ0v) is 13.3. The molecule has 0 atom stereocenters. The van der Waals surface area contributed by atoms with Gasteiger partial charge in [-0.2, -0.15) is 0 Å². The van der Waals surface area contributed by atoms with Crippen molar-refractivity contribution in [1.82, 2.24) is 4.98 Å². The standard InChI is InChI=1S/C18H20N2S/c1-3-18(19,4-2)17-20-16(12-21-17)15-10-9-13-7-5-6-8-14(13)11-15/h5-12H,3-4,19H2,1-2H3. The van der Waals surface area contributed by atoms with Crippen LogP contribution in [0.5, 0.6) is 0 Å². The van der Waals surface area contributed by atoms with E-state index in [9.17, 15) is 0 Å². The smallest absolute Gasteiger partial charge is 0.113 e. The molecular weight excluding hydrogens is 276 g/mol. The van der Waals surface area contributed by atoms with Gasteiger partial charge in [0, 0.05) is 10.9 Å². The van der Waals surface area contributed by atoms with E-state index in [-0.39, 0.29) is 5.54 Å². The van der Waals surface area contributed by atoms with E-state index in [0.717, 1.165) is 29.1 Å². The Morgan fingerprint density at radius 1 is 1.05 bits per heavy atom. The van der Waals surface area contributed by atoms with Crippen LogP contribution in [0.1, 0.15) is 31.7 Å². The van der Waals surface area contributed by atoms with E-state index in [1.54, 1.807) is 11.3 Å². The number of nitrogens with two attached hydrogens (primary N) is 1. The first kappa shape index (κ1) is 14.2. The molecule has 0 aliphatic rings. The lowest BCUT2D eigenvalue weighted by Crippen LogP contribution is -2.34. The molecule has 3 aromatic rings. The number of benzene rings is 2. The Morgan fingerprint density at radius 2 is 1.76 bits per heavy atom. The molecule has 0 radical (unpaired) electrons. The van der Waals surface area contributed by atoms with Crippen LogP contribution >= 0.6 is 11.3 Å². The lowest BCUT2D eigenvalue weighted by atomic mass is 9.95. The summed E-state index contributed by atoms with van der Waals surface area (Å²) in [6.45, 7) is 4.25. The van der Waals surface area contributed by atoms with Gasteiger partial charge in [-0.25, -0.2) is 4.98 Å². The average molecular weight is 296 g/mol. The minimum atomic E-state index is -0.292. The molecule has 1 aromatic heterocycles. The van der Waals surface area contributed by atoms with E-state index in [0.29, 0.717) is 0 Å². The molecule has 21 heavy (non-hydrogen) atoms. The van der Waals surface area contributed by atoms with Gasteiger partial charge in [0.25, 0.3) is 0 Å². The van der Waals surface area contributed by atoms with Crippen molar-refractivity contribution in [3.8, 4) is 11.3 Å². The van der Waals surface area contributed by atoms with Gasteiger partial charge in [0.1, 0.15) is 5.01 Å². The van der Waals surface area contributed by atoms with Gasteiger partial charge >= 0.3 is 0 Å². The maximum Gasteiger partial charge on any atom is 0.113 e. The quantitative estimate of drug-likeness (QED) is 0.741. The molecule has 2 nitrogen and oxygen atoms in total. The number of aromatic nitrogens is 1. The number of thiazole rings is 1. The fourth-order valence-corrected chi connectivity index (χ4v) is 3.62. The van der Waals surface area contributed by atoms with Crippen molar-refractivity contribution < 1.29 is 0 Å². The highest BCUT2D eigenvalue weighted by molar-refractivity contribution is 7.10. The molecule has 0 fully saturated rings. The summed E-state index contributed by atoms with van der Waals surface area (Å²) >= 11 is 1.67. The molecule has 1 heterocycles. The Hall–Kier alpha value is -1.71. The van der Waals surface area contributed by atoms with Crippen LogP contribution < -0.4 is 5.73 Å². The second kappa shape index (κ2) is 5.58. The second-order valence-electron chi connectivity index (χ2n) is 5.46. The Balaban J connectivity index is 2.01. The van der Waals surface area contributed by atoms with E-state index >= 15 is 0 Å². The monoisotopic (exact) mass is 296 g/mol. The molecule has 0 amide bonds. The van der Waals surface area contributed by atoms with E-state index in [1.807, 2.05) is 0 Å². The Kier molecular flexibility index (Phi) is 3.79. The predicted molar refractivity (Wildman–Crippen MR) is 91.5 cm³/mol. The zero-order chi connectivity index (χ0) is 14.9. The largest absolute Gasteiger partial charge is 0.319 e. The van der Waals surface area contributed by atoms with E-state index < -0.39 is 0 Å². The lowest BCUT2D eigenvalue weighted by molar-refractivity contribution is 0.411. The highest BCUT2D eigenvalue weighted by atomic mass is 32.1. The number of nitrogens with zero attached hydrogens (tertiary/aromatic N) is 1. The molecule has 0 spiro atoms. The van der Waals surface area contributed by atoms with Gasteiger partial charge < -0.3 is 5.73 Å². The van der Waals surface area contributed by atoms with Crippen molar-refractivity contribution in [2.75, 3.05) is 0 Å². The minimum absolute atomic E-state index is 0.292. The number of hydrogen-bond donors (Lipinski definition) is 1. The summed E-state index contributed by atoms with van der Waals surface area (Å²) in [5, 5.41) is 5.66. The molecule has 0 saturated carbocycles.